The fourth-order valence-electron chi connectivity index (χ4n) is 2.88. The first-order valence-electron chi connectivity index (χ1n) is 8.16. The van der Waals surface area contributed by atoms with E-state index in [-0.39, 0.29) is 22.2 Å². The number of ketones is 2. The molecule has 0 saturated carbocycles. The number of halogens is 1. The van der Waals surface area contributed by atoms with E-state index in [0.29, 0.717) is 12.1 Å². The minimum absolute atomic E-state index is 0.0700. The van der Waals surface area contributed by atoms with E-state index in [9.17, 15) is 9.59 Å². The van der Waals surface area contributed by atoms with E-state index in [1.165, 1.54) is 6.20 Å². The Balaban J connectivity index is 1.52. The maximum absolute atomic E-state index is 12.5. The van der Waals surface area contributed by atoms with Crippen LogP contribution in [0.25, 0.3) is 0 Å². The summed E-state index contributed by atoms with van der Waals surface area (Å²) in [6.07, 6.45) is 3.39. The van der Waals surface area contributed by atoms with Crippen LogP contribution in [0.4, 0.5) is 0 Å². The molecule has 24 heavy (non-hydrogen) atoms. The molecule has 0 amide bonds. The fourth-order valence-corrected chi connectivity index (χ4v) is 3.12. The topological polar surface area (TPSA) is 71.5 Å². The van der Waals surface area contributed by atoms with Gasteiger partial charge in [-0.3, -0.25) is 19.5 Å². The number of carbonyl (C=O) groups excluding carboxylic acids is 2. The lowest BCUT2D eigenvalue weighted by atomic mass is 9.97. The van der Waals surface area contributed by atoms with Gasteiger partial charge in [0.25, 0.3) is 0 Å². The van der Waals surface area contributed by atoms with Crippen LogP contribution in [0, 0.1) is 0 Å². The van der Waals surface area contributed by atoms with Gasteiger partial charge in [-0.05, 0) is 31.5 Å². The Morgan fingerprint density at radius 2 is 2.00 bits per heavy atom. The van der Waals surface area contributed by atoms with Gasteiger partial charge >= 0.3 is 0 Å². The van der Waals surface area contributed by atoms with Gasteiger partial charge in [-0.2, -0.15) is 0 Å². The molecule has 1 saturated heterocycles. The molecule has 6 nitrogen and oxygen atoms in total. The largest absolute Gasteiger partial charge is 0.381 e. The molecule has 128 valence electrons. The summed E-state index contributed by atoms with van der Waals surface area (Å²) in [4.78, 5) is 31.0. The second-order valence-corrected chi connectivity index (χ2v) is 6.21. The van der Waals surface area contributed by atoms with Crippen molar-refractivity contribution < 1.29 is 14.3 Å². The van der Waals surface area contributed by atoms with E-state index < -0.39 is 5.78 Å². The van der Waals surface area contributed by atoms with Crippen LogP contribution in [-0.2, 0) is 4.74 Å². The normalized spacial score (nSPS) is 18.7. The van der Waals surface area contributed by atoms with Gasteiger partial charge in [0.15, 0.2) is 0 Å². The highest BCUT2D eigenvalue weighted by Gasteiger charge is 2.32. The number of nitrogens with zero attached hydrogens (tertiary/aromatic N) is 2. The summed E-state index contributed by atoms with van der Waals surface area (Å²) in [5.74, 6) is -0.668. The first kappa shape index (κ1) is 17.1. The SMILES string of the molecule is O=C1C(NCCCCN2CCOCC2)=C(Cl)C(=O)c2ncccc21. The highest BCUT2D eigenvalue weighted by Crippen LogP contribution is 2.25. The monoisotopic (exact) mass is 349 g/mol. The Kier molecular flexibility index (Phi) is 5.60. The third kappa shape index (κ3) is 3.66. The van der Waals surface area contributed by atoms with E-state index >= 15 is 0 Å². The Labute approximate surface area is 145 Å². The van der Waals surface area contributed by atoms with Gasteiger partial charge in [-0.15, -0.1) is 0 Å². The average Bonchev–Trinajstić information content (AvgIpc) is 2.63. The number of hydrogen-bond acceptors (Lipinski definition) is 6. The number of ether oxygens (including phenoxy) is 1. The van der Waals surface area contributed by atoms with Crippen molar-refractivity contribution in [1.82, 2.24) is 15.2 Å². The van der Waals surface area contributed by atoms with Crippen molar-refractivity contribution >= 4 is 23.2 Å². The molecule has 2 aliphatic rings. The molecule has 1 aromatic heterocycles. The van der Waals surface area contributed by atoms with Crippen molar-refractivity contribution in [3.05, 3.63) is 40.3 Å². The first-order valence-corrected chi connectivity index (χ1v) is 8.54. The third-order valence-electron chi connectivity index (χ3n) is 4.22. The molecule has 0 atom stereocenters. The lowest BCUT2D eigenvalue weighted by Gasteiger charge is -2.26. The van der Waals surface area contributed by atoms with Crippen LogP contribution < -0.4 is 5.32 Å². The Bertz CT molecular complexity index is 669. The molecule has 0 spiro atoms. The van der Waals surface area contributed by atoms with Gasteiger partial charge < -0.3 is 10.1 Å². The number of carbonyl (C=O) groups is 2. The van der Waals surface area contributed by atoms with Gasteiger partial charge in [0.1, 0.15) is 16.4 Å². The molecule has 1 fully saturated rings. The van der Waals surface area contributed by atoms with Crippen LogP contribution in [0.3, 0.4) is 0 Å². The summed E-state index contributed by atoms with van der Waals surface area (Å²) in [6.45, 7) is 5.15. The molecule has 0 bridgehead atoms. The van der Waals surface area contributed by atoms with Crippen molar-refractivity contribution in [1.29, 1.82) is 0 Å². The smallest absolute Gasteiger partial charge is 0.225 e. The van der Waals surface area contributed by atoms with Crippen molar-refractivity contribution in [2.24, 2.45) is 0 Å². The number of allylic oxidation sites excluding steroid dienone is 2. The van der Waals surface area contributed by atoms with E-state index in [1.54, 1.807) is 12.1 Å². The minimum atomic E-state index is -0.400. The van der Waals surface area contributed by atoms with Crippen LogP contribution in [0.15, 0.2) is 29.1 Å². The number of rotatable bonds is 6. The summed E-state index contributed by atoms with van der Waals surface area (Å²) in [5.41, 5.74) is 0.627. The van der Waals surface area contributed by atoms with Crippen molar-refractivity contribution in [2.45, 2.75) is 12.8 Å². The molecule has 7 heteroatoms. The number of morpholine rings is 1. The third-order valence-corrected chi connectivity index (χ3v) is 4.58. The Morgan fingerprint density at radius 3 is 2.79 bits per heavy atom. The zero-order chi connectivity index (χ0) is 16.9. The molecule has 0 unspecified atom stereocenters. The highest BCUT2D eigenvalue weighted by atomic mass is 35.5. The maximum atomic E-state index is 12.5. The quantitative estimate of drug-likeness (QED) is 0.787. The highest BCUT2D eigenvalue weighted by molar-refractivity contribution is 6.49. The van der Waals surface area contributed by atoms with Crippen molar-refractivity contribution in [3.8, 4) is 0 Å². The number of aromatic nitrogens is 1. The standard InChI is InChI=1S/C17H20ClN3O3/c18-13-15(16(22)12-4-3-6-19-14(12)17(13)23)20-5-1-2-7-21-8-10-24-11-9-21/h3-4,6,20H,1-2,5,7-11H2. The van der Waals surface area contributed by atoms with Gasteiger partial charge in [0.05, 0.1) is 18.8 Å². The van der Waals surface area contributed by atoms with Crippen LogP contribution in [-0.4, -0.2) is 60.8 Å². The van der Waals surface area contributed by atoms with Gasteiger partial charge in [-0.25, -0.2) is 0 Å². The second-order valence-electron chi connectivity index (χ2n) is 5.83. The predicted molar refractivity (Wildman–Crippen MR) is 90.3 cm³/mol. The van der Waals surface area contributed by atoms with Crippen LogP contribution >= 0.6 is 11.6 Å². The molecule has 3 rings (SSSR count). The van der Waals surface area contributed by atoms with Gasteiger partial charge in [0, 0.05) is 25.8 Å². The second kappa shape index (κ2) is 7.88. The molecule has 1 aliphatic carbocycles. The summed E-state index contributed by atoms with van der Waals surface area (Å²) in [7, 11) is 0. The predicted octanol–water partition coefficient (Wildman–Crippen LogP) is 1.61. The molecule has 1 aliphatic heterocycles. The molecule has 0 aromatic carbocycles. The Hall–Kier alpha value is -1.76. The Morgan fingerprint density at radius 1 is 1.21 bits per heavy atom. The molecule has 1 N–H and O–H groups in total. The van der Waals surface area contributed by atoms with Gasteiger partial charge in [-0.1, -0.05) is 11.6 Å². The molecular formula is C17H20ClN3O3. The minimum Gasteiger partial charge on any atom is -0.381 e. The van der Waals surface area contributed by atoms with Crippen LogP contribution in [0.2, 0.25) is 0 Å². The fraction of sp³-hybridized carbons (Fsp3) is 0.471. The molecule has 2 heterocycles. The van der Waals surface area contributed by atoms with Crippen LogP contribution in [0.1, 0.15) is 33.7 Å². The molecular weight excluding hydrogens is 330 g/mol. The summed E-state index contributed by atoms with van der Waals surface area (Å²) >= 11 is 6.07. The van der Waals surface area contributed by atoms with Crippen LogP contribution in [0.5, 0.6) is 0 Å². The number of hydrogen-bond donors (Lipinski definition) is 1. The molecule has 0 radical (unpaired) electrons. The van der Waals surface area contributed by atoms with Crippen molar-refractivity contribution in [2.75, 3.05) is 39.4 Å². The van der Waals surface area contributed by atoms with Gasteiger partial charge in [0.2, 0.25) is 11.6 Å². The number of fused-ring (bicyclic) bond motifs is 1. The van der Waals surface area contributed by atoms with E-state index in [0.717, 1.165) is 45.7 Å². The average molecular weight is 350 g/mol. The molecule has 1 aromatic rings. The maximum Gasteiger partial charge on any atom is 0.225 e. The lowest BCUT2D eigenvalue weighted by molar-refractivity contribution is 0.0372. The van der Waals surface area contributed by atoms with E-state index in [1.807, 2.05) is 0 Å². The van der Waals surface area contributed by atoms with Crippen molar-refractivity contribution in [3.63, 3.8) is 0 Å². The number of unbranched alkanes of at least 4 members (excludes halogenated alkanes) is 1. The summed E-state index contributed by atoms with van der Waals surface area (Å²) in [6, 6.07) is 3.25. The number of Topliss-reactive ketones (excluding diaryl/α,β-unsaturated/α-hetero) is 2. The summed E-state index contributed by atoms with van der Waals surface area (Å²) < 4.78 is 5.32. The van der Waals surface area contributed by atoms with E-state index in [4.69, 9.17) is 16.3 Å². The zero-order valence-corrected chi connectivity index (χ0v) is 14.1. The zero-order valence-electron chi connectivity index (χ0n) is 13.4. The lowest BCUT2D eigenvalue weighted by Crippen LogP contribution is -2.37. The number of nitrogens with one attached hydrogen (secondary N) is 1. The first-order chi connectivity index (χ1) is 11.7. The summed E-state index contributed by atoms with van der Waals surface area (Å²) in [5, 5.41) is 2.97. The van der Waals surface area contributed by atoms with E-state index in [2.05, 4.69) is 15.2 Å². The number of pyridine rings is 1.